The summed E-state index contributed by atoms with van der Waals surface area (Å²) in [5.41, 5.74) is 0. The first-order chi connectivity index (χ1) is 31.1. The number of β-amino-alcohol motifs (C(OH)–C–C–N with tert-alkyl or cyclic N) is 1. The van der Waals surface area contributed by atoms with E-state index in [4.69, 9.17) is 14.2 Å². The van der Waals surface area contributed by atoms with Crippen LogP contribution >= 0.6 is 0 Å². The second kappa shape index (κ2) is 43.3. The molecule has 1 saturated heterocycles. The third-order valence-corrected chi connectivity index (χ3v) is 12.8. The summed E-state index contributed by atoms with van der Waals surface area (Å²) in [5.74, 6) is -0.135. The largest absolute Gasteiger partial charge is 0.464 e. The molecule has 4 atom stereocenters. The smallest absolute Gasteiger partial charge is 0.305 e. The van der Waals surface area contributed by atoms with Gasteiger partial charge in [-0.25, -0.2) is 0 Å². The number of aliphatic hydroxyl groups is 1. The highest BCUT2D eigenvalue weighted by Gasteiger charge is 2.19. The van der Waals surface area contributed by atoms with Crippen molar-refractivity contribution < 1.29 is 38.5 Å². The molecule has 0 aromatic rings. The highest BCUT2D eigenvalue weighted by atomic mass is 16.5. The number of aliphatic hydroxyl groups excluding tert-OH is 1. The van der Waals surface area contributed by atoms with Crippen LogP contribution in [-0.4, -0.2) is 111 Å². The van der Waals surface area contributed by atoms with E-state index in [0.717, 1.165) is 128 Å². The van der Waals surface area contributed by atoms with E-state index in [2.05, 4.69) is 43.6 Å². The summed E-state index contributed by atoms with van der Waals surface area (Å²) in [6.45, 7) is 12.4. The van der Waals surface area contributed by atoms with Crippen LogP contribution in [0.1, 0.15) is 233 Å². The molecule has 1 rings (SSSR count). The van der Waals surface area contributed by atoms with Gasteiger partial charge in [-0.1, -0.05) is 128 Å². The molecular weight excluding hydrogens is 809 g/mol. The van der Waals surface area contributed by atoms with Crippen molar-refractivity contribution in [3.63, 3.8) is 0 Å². The maximum Gasteiger partial charge on any atom is 0.305 e. The lowest BCUT2D eigenvalue weighted by molar-refractivity contribution is -0.144. The Morgan fingerprint density at radius 2 is 0.703 bits per heavy atom. The zero-order valence-corrected chi connectivity index (χ0v) is 41.8. The number of ether oxygens (including phenoxy) is 3. The highest BCUT2D eigenvalue weighted by Crippen LogP contribution is 2.17. The predicted octanol–water partition coefficient (Wildman–Crippen LogP) is 10.3. The van der Waals surface area contributed by atoms with Crippen molar-refractivity contribution in [1.29, 1.82) is 0 Å². The molecule has 0 radical (unpaired) electrons. The monoisotopic (exact) mass is 909 g/mol. The molecular formula is C52H100N4O8. The molecule has 0 aromatic heterocycles. The summed E-state index contributed by atoms with van der Waals surface area (Å²) in [4.78, 5) is 51.5. The predicted molar refractivity (Wildman–Crippen MR) is 261 cm³/mol. The number of hydrogen-bond acceptors (Lipinski definition) is 11. The summed E-state index contributed by atoms with van der Waals surface area (Å²) in [5, 5.41) is 20.1. The van der Waals surface area contributed by atoms with Crippen LogP contribution in [-0.2, 0) is 33.4 Å². The molecule has 1 aliphatic rings. The highest BCUT2D eigenvalue weighted by molar-refractivity contribution is 5.76. The summed E-state index contributed by atoms with van der Waals surface area (Å²) >= 11 is 0. The first-order valence-electron chi connectivity index (χ1n) is 26.7. The number of hydrogen-bond donors (Lipinski definition) is 4. The quantitative estimate of drug-likeness (QED) is 0.155. The molecule has 12 nitrogen and oxygen atoms in total. The van der Waals surface area contributed by atoms with E-state index in [9.17, 15) is 24.3 Å². The van der Waals surface area contributed by atoms with Crippen LogP contribution < -0.4 is 16.0 Å². The molecule has 1 fully saturated rings. The fourth-order valence-electron chi connectivity index (χ4n) is 8.64. The second-order valence-electron chi connectivity index (χ2n) is 19.0. The molecule has 0 bridgehead atoms. The Labute approximate surface area is 392 Å². The fourth-order valence-corrected chi connectivity index (χ4v) is 8.64. The first-order valence-corrected chi connectivity index (χ1v) is 26.7. The van der Waals surface area contributed by atoms with Gasteiger partial charge in [0.15, 0.2) is 0 Å². The molecule has 1 aliphatic heterocycles. The number of esters is 3. The van der Waals surface area contributed by atoms with Gasteiger partial charge in [0.2, 0.25) is 5.91 Å². The zero-order chi connectivity index (χ0) is 46.7. The van der Waals surface area contributed by atoms with Crippen molar-refractivity contribution in [2.45, 2.75) is 257 Å². The number of carbonyl (C=O) groups excluding carboxylic acids is 4. The maximum atomic E-state index is 13.1. The first kappa shape index (κ1) is 59.7. The molecule has 12 heteroatoms. The van der Waals surface area contributed by atoms with Gasteiger partial charge in [-0.2, -0.15) is 0 Å². The van der Waals surface area contributed by atoms with Gasteiger partial charge in [-0.05, 0) is 79.1 Å². The van der Waals surface area contributed by atoms with E-state index < -0.39 is 0 Å². The molecule has 0 spiro atoms. The third kappa shape index (κ3) is 37.9. The van der Waals surface area contributed by atoms with E-state index in [1.165, 1.54) is 51.4 Å². The molecule has 376 valence electrons. The molecule has 0 saturated carbocycles. The Morgan fingerprint density at radius 1 is 0.422 bits per heavy atom. The van der Waals surface area contributed by atoms with Gasteiger partial charge in [-0.15, -0.1) is 0 Å². The molecule has 0 aliphatic carbocycles. The van der Waals surface area contributed by atoms with Gasteiger partial charge >= 0.3 is 17.9 Å². The average Bonchev–Trinajstić information content (AvgIpc) is 3.27. The van der Waals surface area contributed by atoms with E-state index in [0.29, 0.717) is 89.8 Å². The maximum absolute atomic E-state index is 13.1. The van der Waals surface area contributed by atoms with E-state index in [1.807, 2.05) is 4.90 Å². The topological polar surface area (TPSA) is 156 Å². The number of rotatable bonds is 2. The molecule has 64 heavy (non-hydrogen) atoms. The Morgan fingerprint density at radius 3 is 1.03 bits per heavy atom. The second-order valence-corrected chi connectivity index (χ2v) is 19.0. The van der Waals surface area contributed by atoms with Crippen molar-refractivity contribution in [3.8, 4) is 0 Å². The number of nitrogens with one attached hydrogen (secondary N) is 3. The number of carbonyl (C=O) groups is 4. The fraction of sp³-hybridized carbons (Fsp3) is 0.923. The Hall–Kier alpha value is -2.28. The summed E-state index contributed by atoms with van der Waals surface area (Å²) in [6.07, 6.45) is 32.4. The van der Waals surface area contributed by atoms with Crippen molar-refractivity contribution in [3.05, 3.63) is 0 Å². The van der Waals surface area contributed by atoms with Crippen molar-refractivity contribution in [1.82, 2.24) is 20.9 Å². The lowest BCUT2D eigenvalue weighted by atomic mass is 10.0. The van der Waals surface area contributed by atoms with Gasteiger partial charge in [0.25, 0.3) is 0 Å². The Balaban J connectivity index is 2.37. The van der Waals surface area contributed by atoms with Gasteiger partial charge in [0.05, 0.1) is 6.61 Å². The number of amides is 1. The minimum absolute atomic E-state index is 0.00495. The van der Waals surface area contributed by atoms with Gasteiger partial charge in [-0.3, -0.25) is 19.2 Å². The molecule has 1 amide bonds. The Bertz CT molecular complexity index is 1130. The Kier molecular flexibility index (Phi) is 40.4. The SMILES string of the molecule is C[C@@H]1CCCCCCCCC(=O)OCCN[C@H](C)CCCCCCCCC(=O)N(CCO)[C@H](C)CCCCCCCCC(=O)OCCN[C@H](C)CCCCCCCCC(=O)OCCN1. The van der Waals surface area contributed by atoms with E-state index >= 15 is 0 Å². The number of cyclic esters (lactones) is 3. The van der Waals surface area contributed by atoms with Gasteiger partial charge < -0.3 is 40.2 Å². The van der Waals surface area contributed by atoms with Crippen molar-refractivity contribution in [2.75, 3.05) is 52.6 Å². The van der Waals surface area contributed by atoms with Crippen LogP contribution in [0.5, 0.6) is 0 Å². The van der Waals surface area contributed by atoms with Crippen LogP contribution in [0.25, 0.3) is 0 Å². The zero-order valence-electron chi connectivity index (χ0n) is 41.8. The minimum Gasteiger partial charge on any atom is -0.464 e. The normalized spacial score (nSPS) is 26.4. The van der Waals surface area contributed by atoms with Crippen LogP contribution in [0, 0.1) is 0 Å². The molecule has 1 heterocycles. The van der Waals surface area contributed by atoms with Crippen LogP contribution in [0.2, 0.25) is 0 Å². The summed E-state index contributed by atoms with van der Waals surface area (Å²) < 4.78 is 16.4. The summed E-state index contributed by atoms with van der Waals surface area (Å²) in [7, 11) is 0. The lowest BCUT2D eigenvalue weighted by Crippen LogP contribution is -2.40. The third-order valence-electron chi connectivity index (χ3n) is 12.8. The molecule has 0 unspecified atom stereocenters. The van der Waals surface area contributed by atoms with Crippen molar-refractivity contribution in [2.24, 2.45) is 0 Å². The molecule has 4 N–H and O–H groups in total. The van der Waals surface area contributed by atoms with Crippen LogP contribution in [0.3, 0.4) is 0 Å². The van der Waals surface area contributed by atoms with Crippen LogP contribution in [0.15, 0.2) is 0 Å². The van der Waals surface area contributed by atoms with Gasteiger partial charge in [0, 0.05) is 76.0 Å². The number of nitrogens with zero attached hydrogens (tertiary/aromatic N) is 1. The molecule has 0 aromatic carbocycles. The van der Waals surface area contributed by atoms with Gasteiger partial charge in [0.1, 0.15) is 19.8 Å². The van der Waals surface area contributed by atoms with Crippen LogP contribution in [0.4, 0.5) is 0 Å². The average molecular weight is 909 g/mol. The standard InChI is InChI=1S/C52H100N4O8/c1-45-29-21-13-5-9-17-25-33-49(58)56(40-41-57)48(4)32-24-16-8-12-20-28-36-52(61)64-44-39-55-47(3)31-23-15-7-11-19-27-35-51(60)63-43-38-54-46(2)30-22-14-6-10-18-26-34-50(59)62-42-37-53-45/h45-48,53-55,57H,5-44H2,1-4H3/t45-,46-,47-,48-/m1/s1. The summed E-state index contributed by atoms with van der Waals surface area (Å²) in [6, 6.07) is 1.31. The van der Waals surface area contributed by atoms with E-state index in [1.54, 1.807) is 0 Å². The lowest BCUT2D eigenvalue weighted by Gasteiger charge is -2.29. The minimum atomic E-state index is -0.110. The van der Waals surface area contributed by atoms with E-state index in [-0.39, 0.29) is 36.5 Å². The van der Waals surface area contributed by atoms with Crippen molar-refractivity contribution >= 4 is 23.8 Å².